The summed E-state index contributed by atoms with van der Waals surface area (Å²) in [5.74, 6) is 0. The van der Waals surface area contributed by atoms with Gasteiger partial charge in [-0.05, 0) is 0 Å². The molecule has 0 saturated carbocycles. The summed E-state index contributed by atoms with van der Waals surface area (Å²) >= 11 is -0.00871. The fourth-order valence-corrected chi connectivity index (χ4v) is 8.23. The quantitative estimate of drug-likeness (QED) is 0.519. The molecule has 4 rings (SSSR count). The van der Waals surface area contributed by atoms with E-state index in [0.717, 1.165) is 27.3 Å². The third kappa shape index (κ3) is 3.32. The first-order chi connectivity index (χ1) is 12.7. The van der Waals surface area contributed by atoms with Gasteiger partial charge in [0.05, 0.1) is 0 Å². The molecule has 5 heteroatoms. The summed E-state index contributed by atoms with van der Waals surface area (Å²) in [6.45, 7) is 0. The predicted octanol–water partition coefficient (Wildman–Crippen LogP) is 4.51. The van der Waals surface area contributed by atoms with Crippen LogP contribution < -0.4 is 4.46 Å². The fourth-order valence-electron chi connectivity index (χ4n) is 3.14. The topological polar surface area (TPSA) is 35.5 Å². The van der Waals surface area contributed by atoms with Crippen LogP contribution in [0.3, 0.4) is 0 Å². The van der Waals surface area contributed by atoms with E-state index in [1.165, 1.54) is 11.6 Å². The van der Waals surface area contributed by atoms with Gasteiger partial charge >= 0.3 is 160 Å². The molecule has 2 atom stereocenters. The summed E-state index contributed by atoms with van der Waals surface area (Å²) in [4.78, 5) is 0. The van der Waals surface area contributed by atoms with Crippen molar-refractivity contribution in [2.45, 2.75) is 12.5 Å². The Bertz CT molecular complexity index is 932. The second-order valence-electron chi connectivity index (χ2n) is 6.03. The van der Waals surface area contributed by atoms with E-state index >= 15 is 0 Å². The zero-order chi connectivity index (χ0) is 18.0. The summed E-state index contributed by atoms with van der Waals surface area (Å²) in [6, 6.07) is 20.2. The number of rotatable bonds is 5. The number of allylic oxidation sites excluding steroid dienone is 3. The van der Waals surface area contributed by atoms with Crippen LogP contribution in [0.15, 0.2) is 88.9 Å². The molecule has 2 aromatic rings. The second-order valence-corrected chi connectivity index (χ2v) is 10.4. The molecule has 0 saturated heterocycles. The van der Waals surface area contributed by atoms with Gasteiger partial charge < -0.3 is 0 Å². The average molecular weight is 429 g/mol. The van der Waals surface area contributed by atoms with Crippen LogP contribution in [0.25, 0.3) is 5.31 Å². The Labute approximate surface area is 160 Å². The summed E-state index contributed by atoms with van der Waals surface area (Å²) in [5, 5.41) is 0.738. The van der Waals surface area contributed by atoms with Crippen molar-refractivity contribution in [3.8, 4) is 0 Å². The molecule has 0 N–H and O–H groups in total. The minimum atomic E-state index is -3.36. The molecule has 0 amide bonds. The first kappa shape index (κ1) is 17.7. The zero-order valence-electron chi connectivity index (χ0n) is 14.4. The Kier molecular flexibility index (Phi) is 5.13. The molecule has 26 heavy (non-hydrogen) atoms. The van der Waals surface area contributed by atoms with E-state index in [2.05, 4.69) is 24.3 Å². The van der Waals surface area contributed by atoms with Gasteiger partial charge in [-0.25, -0.2) is 0 Å². The van der Waals surface area contributed by atoms with Crippen molar-refractivity contribution in [3.05, 3.63) is 94.5 Å². The van der Waals surface area contributed by atoms with E-state index in [9.17, 15) is 4.57 Å². The SMILES string of the molecule is COP1(=O)OC(C2=CC=CC2)C([Se]c2ccccc2)=C1c1ccccc1. The van der Waals surface area contributed by atoms with Crippen LogP contribution in [0.2, 0.25) is 0 Å². The predicted molar refractivity (Wildman–Crippen MR) is 107 cm³/mol. The first-order valence-corrected chi connectivity index (χ1v) is 11.7. The summed E-state index contributed by atoms with van der Waals surface area (Å²) in [5.41, 5.74) is 2.06. The van der Waals surface area contributed by atoms with Gasteiger partial charge in [-0.3, -0.25) is 0 Å². The van der Waals surface area contributed by atoms with Gasteiger partial charge in [0.15, 0.2) is 0 Å². The Morgan fingerprint density at radius 2 is 1.77 bits per heavy atom. The molecule has 2 aromatic carbocycles. The van der Waals surface area contributed by atoms with Crippen LogP contribution in [0.4, 0.5) is 0 Å². The van der Waals surface area contributed by atoms with Gasteiger partial charge in [-0.15, -0.1) is 0 Å². The second kappa shape index (κ2) is 7.52. The van der Waals surface area contributed by atoms with Crippen molar-refractivity contribution in [1.82, 2.24) is 0 Å². The molecule has 0 fully saturated rings. The Morgan fingerprint density at radius 3 is 2.38 bits per heavy atom. The molecule has 1 aliphatic heterocycles. The molecule has 0 spiro atoms. The molecule has 1 heterocycles. The van der Waals surface area contributed by atoms with Gasteiger partial charge in [0.2, 0.25) is 0 Å². The van der Waals surface area contributed by atoms with Gasteiger partial charge in [-0.1, -0.05) is 0 Å². The van der Waals surface area contributed by atoms with E-state index in [-0.39, 0.29) is 21.1 Å². The molecule has 3 nitrogen and oxygen atoms in total. The van der Waals surface area contributed by atoms with Crippen LogP contribution in [0.5, 0.6) is 0 Å². The minimum absolute atomic E-state index is 0.00871. The third-order valence-electron chi connectivity index (χ3n) is 4.38. The van der Waals surface area contributed by atoms with Gasteiger partial charge in [0, 0.05) is 0 Å². The van der Waals surface area contributed by atoms with Crippen LogP contribution in [0, 0.1) is 0 Å². The number of benzene rings is 2. The Balaban J connectivity index is 1.87. The number of hydrogen-bond acceptors (Lipinski definition) is 3. The Morgan fingerprint density at radius 1 is 1.08 bits per heavy atom. The van der Waals surface area contributed by atoms with Crippen molar-refractivity contribution in [1.29, 1.82) is 0 Å². The summed E-state index contributed by atoms with van der Waals surface area (Å²) < 4.78 is 27.4. The van der Waals surface area contributed by atoms with Gasteiger partial charge in [0.25, 0.3) is 0 Å². The molecule has 2 unspecified atom stereocenters. The Hall–Kier alpha value is -1.67. The van der Waals surface area contributed by atoms with Crippen molar-refractivity contribution >= 4 is 32.3 Å². The van der Waals surface area contributed by atoms with Crippen LogP contribution in [-0.2, 0) is 13.6 Å². The molecule has 2 aliphatic rings. The first-order valence-electron chi connectivity index (χ1n) is 8.44. The fraction of sp³-hybridized carbons (Fsp3) is 0.143. The van der Waals surface area contributed by atoms with Gasteiger partial charge in [0.1, 0.15) is 0 Å². The molecule has 1 aliphatic carbocycles. The van der Waals surface area contributed by atoms with Crippen LogP contribution in [0.1, 0.15) is 12.0 Å². The van der Waals surface area contributed by atoms with E-state index in [1.54, 1.807) is 0 Å². The van der Waals surface area contributed by atoms with Crippen molar-refractivity contribution < 1.29 is 13.6 Å². The van der Waals surface area contributed by atoms with E-state index in [0.29, 0.717) is 0 Å². The summed E-state index contributed by atoms with van der Waals surface area (Å²) in [6.07, 6.45) is 6.74. The van der Waals surface area contributed by atoms with E-state index in [4.69, 9.17) is 9.05 Å². The molecule has 0 bridgehead atoms. The maximum atomic E-state index is 13.5. The maximum absolute atomic E-state index is 13.5. The van der Waals surface area contributed by atoms with Gasteiger partial charge in [-0.2, -0.15) is 0 Å². The molecular weight excluding hydrogens is 410 g/mol. The number of hydrogen-bond donors (Lipinski definition) is 0. The molecular formula is C21H19O3PSe. The zero-order valence-corrected chi connectivity index (χ0v) is 17.0. The average Bonchev–Trinajstić information content (AvgIpc) is 3.30. The van der Waals surface area contributed by atoms with Crippen LogP contribution in [-0.4, -0.2) is 28.2 Å². The third-order valence-corrected chi connectivity index (χ3v) is 9.15. The molecule has 0 aromatic heterocycles. The monoisotopic (exact) mass is 430 g/mol. The summed E-state index contributed by atoms with van der Waals surface area (Å²) in [7, 11) is -1.89. The standard InChI is InChI=1S/C21H19O3PSe/c1-23-25(22)20(17-12-4-2-5-13-17)21(26-18-14-6-3-7-15-18)19(24-25)16-10-8-9-11-16/h2-10,12-15,19H,11H2,1H3. The normalized spacial score (nSPS) is 25.0. The van der Waals surface area contributed by atoms with Crippen molar-refractivity contribution in [2.75, 3.05) is 7.11 Å². The molecule has 0 radical (unpaired) electrons. The van der Waals surface area contributed by atoms with Crippen molar-refractivity contribution in [3.63, 3.8) is 0 Å². The van der Waals surface area contributed by atoms with Crippen LogP contribution >= 0.6 is 7.60 Å². The van der Waals surface area contributed by atoms with E-state index in [1.807, 2.05) is 54.6 Å². The van der Waals surface area contributed by atoms with Crippen molar-refractivity contribution in [2.24, 2.45) is 0 Å². The molecule has 132 valence electrons. The van der Waals surface area contributed by atoms with E-state index < -0.39 is 7.60 Å².